The fourth-order valence-electron chi connectivity index (χ4n) is 3.50. The lowest BCUT2D eigenvalue weighted by Crippen LogP contribution is -2.52. The normalized spacial score (nSPS) is 15.7. The number of urea groups is 1. The Hall–Kier alpha value is -2.48. The minimum absolute atomic E-state index is 0.0590. The van der Waals surface area contributed by atoms with Crippen LogP contribution in [0, 0.1) is 12.8 Å². The molecule has 8 heteroatoms. The van der Waals surface area contributed by atoms with Crippen molar-refractivity contribution in [1.82, 2.24) is 20.8 Å². The fraction of sp³-hybridized carbons (Fsp3) is 0.524. The number of hydrogen-bond donors (Lipinski definition) is 3. The molecule has 0 aliphatic heterocycles. The van der Waals surface area contributed by atoms with E-state index >= 15 is 0 Å². The lowest BCUT2D eigenvalue weighted by molar-refractivity contribution is -0.118. The second kappa shape index (κ2) is 9.82. The molecule has 1 aromatic carbocycles. The van der Waals surface area contributed by atoms with Gasteiger partial charge in [0.15, 0.2) is 0 Å². The Labute approximate surface area is 175 Å². The number of carbonyl (C=O) groups excluding carboxylic acids is 2. The second-order valence-electron chi connectivity index (χ2n) is 7.95. The molecule has 3 rings (SSSR count). The average molecular weight is 416 g/mol. The summed E-state index contributed by atoms with van der Waals surface area (Å²) in [5.74, 6) is -0.345. The lowest BCUT2D eigenvalue weighted by Gasteiger charge is -2.26. The molecule has 1 atom stereocenters. The van der Waals surface area contributed by atoms with E-state index in [1.54, 1.807) is 0 Å². The third-order valence-electron chi connectivity index (χ3n) is 5.10. The molecule has 0 saturated heterocycles. The van der Waals surface area contributed by atoms with Crippen molar-refractivity contribution in [2.45, 2.75) is 65.0 Å². The molecule has 0 bridgehead atoms. The molecule has 7 nitrogen and oxygen atoms in total. The summed E-state index contributed by atoms with van der Waals surface area (Å²) >= 11 is 1.32. The fourth-order valence-corrected chi connectivity index (χ4v) is 4.24. The first-order valence-corrected chi connectivity index (χ1v) is 11.0. The molecule has 1 aliphatic carbocycles. The number of hydrogen-bond acceptors (Lipinski definition) is 5. The summed E-state index contributed by atoms with van der Waals surface area (Å²) < 4.78 is 0. The Morgan fingerprint density at radius 1 is 1.14 bits per heavy atom. The number of aryl methyl sites for hydroxylation is 1. The van der Waals surface area contributed by atoms with Gasteiger partial charge >= 0.3 is 6.03 Å². The zero-order valence-corrected chi connectivity index (χ0v) is 18.0. The number of nitrogens with one attached hydrogen (secondary N) is 3. The van der Waals surface area contributed by atoms with Crippen LogP contribution in [0.4, 0.5) is 9.93 Å². The van der Waals surface area contributed by atoms with E-state index in [1.165, 1.54) is 17.8 Å². The number of aromatic nitrogens is 2. The highest BCUT2D eigenvalue weighted by Crippen LogP contribution is 2.27. The van der Waals surface area contributed by atoms with E-state index in [2.05, 4.69) is 26.1 Å². The molecular formula is C21H29N5O2S. The lowest BCUT2D eigenvalue weighted by atomic mass is 9.96. The molecule has 3 N–H and O–H groups in total. The van der Waals surface area contributed by atoms with Gasteiger partial charge in [-0.3, -0.25) is 10.1 Å². The number of anilines is 1. The van der Waals surface area contributed by atoms with Crippen molar-refractivity contribution in [1.29, 1.82) is 0 Å². The Kier molecular flexibility index (Phi) is 7.19. The van der Waals surface area contributed by atoms with Crippen LogP contribution in [-0.2, 0) is 4.79 Å². The average Bonchev–Trinajstić information content (AvgIpc) is 3.15. The first kappa shape index (κ1) is 21.2. The van der Waals surface area contributed by atoms with Crippen molar-refractivity contribution in [3.8, 4) is 10.6 Å². The highest BCUT2D eigenvalue weighted by atomic mass is 32.1. The van der Waals surface area contributed by atoms with Crippen LogP contribution in [0.3, 0.4) is 0 Å². The Morgan fingerprint density at radius 2 is 1.90 bits per heavy atom. The molecule has 0 unspecified atom stereocenters. The summed E-state index contributed by atoms with van der Waals surface area (Å²) in [6, 6.07) is 7.24. The van der Waals surface area contributed by atoms with Crippen molar-refractivity contribution >= 4 is 28.4 Å². The van der Waals surface area contributed by atoms with Crippen LogP contribution in [0.5, 0.6) is 0 Å². The maximum atomic E-state index is 12.8. The molecule has 1 heterocycles. The Balaban J connectivity index is 1.60. The molecule has 0 spiro atoms. The van der Waals surface area contributed by atoms with Crippen LogP contribution in [0.25, 0.3) is 10.6 Å². The molecular weight excluding hydrogens is 386 g/mol. The van der Waals surface area contributed by atoms with E-state index in [1.807, 2.05) is 45.0 Å². The highest BCUT2D eigenvalue weighted by molar-refractivity contribution is 7.18. The molecule has 29 heavy (non-hydrogen) atoms. The summed E-state index contributed by atoms with van der Waals surface area (Å²) in [5.41, 5.74) is 2.10. The minimum Gasteiger partial charge on any atom is -0.335 e. The number of rotatable bonds is 6. The van der Waals surface area contributed by atoms with Crippen molar-refractivity contribution in [2.24, 2.45) is 5.92 Å². The standard InChI is InChI=1S/C21H29N5O2S/c1-13(2)17(23-20(28)22-16-10-5-4-6-11-16)18(27)24-21-26-25-19(29-21)15-9-7-8-14(3)12-15/h7-9,12-13,16-17H,4-6,10-11H2,1-3H3,(H2,22,23,28)(H,24,26,27)/t17-/m0/s1. The Morgan fingerprint density at radius 3 is 2.59 bits per heavy atom. The van der Waals surface area contributed by atoms with Crippen molar-refractivity contribution in [3.63, 3.8) is 0 Å². The maximum absolute atomic E-state index is 12.8. The van der Waals surface area contributed by atoms with E-state index < -0.39 is 6.04 Å². The van der Waals surface area contributed by atoms with E-state index in [4.69, 9.17) is 0 Å². The van der Waals surface area contributed by atoms with E-state index in [0.717, 1.165) is 41.8 Å². The Bertz CT molecular complexity index is 845. The molecule has 156 valence electrons. The topological polar surface area (TPSA) is 96.0 Å². The monoisotopic (exact) mass is 415 g/mol. The predicted molar refractivity (Wildman–Crippen MR) is 116 cm³/mol. The van der Waals surface area contributed by atoms with Gasteiger partial charge in [-0.1, -0.05) is 68.2 Å². The van der Waals surface area contributed by atoms with Crippen LogP contribution in [0.1, 0.15) is 51.5 Å². The summed E-state index contributed by atoms with van der Waals surface area (Å²) in [6.07, 6.45) is 5.50. The van der Waals surface area contributed by atoms with Crippen LogP contribution in [-0.4, -0.2) is 34.2 Å². The third-order valence-corrected chi connectivity index (χ3v) is 5.98. The molecule has 1 aromatic heterocycles. The van der Waals surface area contributed by atoms with Gasteiger partial charge in [-0.05, 0) is 31.7 Å². The van der Waals surface area contributed by atoms with Gasteiger partial charge < -0.3 is 10.6 Å². The van der Waals surface area contributed by atoms with Crippen LogP contribution < -0.4 is 16.0 Å². The largest absolute Gasteiger partial charge is 0.335 e. The van der Waals surface area contributed by atoms with E-state index in [-0.39, 0.29) is 23.9 Å². The summed E-state index contributed by atoms with van der Waals surface area (Å²) in [6.45, 7) is 5.83. The van der Waals surface area contributed by atoms with Gasteiger partial charge in [-0.25, -0.2) is 4.79 Å². The predicted octanol–water partition coefficient (Wildman–Crippen LogP) is 4.11. The summed E-state index contributed by atoms with van der Waals surface area (Å²) in [5, 5.41) is 18.1. The van der Waals surface area contributed by atoms with Gasteiger partial charge in [0.25, 0.3) is 0 Å². The first-order chi connectivity index (χ1) is 13.9. The third kappa shape index (κ3) is 6.00. The van der Waals surface area contributed by atoms with Gasteiger partial charge in [-0.2, -0.15) is 0 Å². The van der Waals surface area contributed by atoms with Gasteiger partial charge in [0.05, 0.1) is 0 Å². The SMILES string of the molecule is Cc1cccc(-c2nnc(NC(=O)[C@@H](NC(=O)NC3CCCCC3)C(C)C)s2)c1. The number of amides is 3. The van der Waals surface area contributed by atoms with E-state index in [9.17, 15) is 9.59 Å². The molecule has 2 aromatic rings. The van der Waals surface area contributed by atoms with Crippen molar-refractivity contribution in [3.05, 3.63) is 29.8 Å². The van der Waals surface area contributed by atoms with Gasteiger partial charge in [-0.15, -0.1) is 10.2 Å². The summed E-state index contributed by atoms with van der Waals surface area (Å²) in [7, 11) is 0. The molecule has 1 fully saturated rings. The quantitative estimate of drug-likeness (QED) is 0.661. The van der Waals surface area contributed by atoms with Crippen molar-refractivity contribution < 1.29 is 9.59 Å². The van der Waals surface area contributed by atoms with Crippen LogP contribution >= 0.6 is 11.3 Å². The van der Waals surface area contributed by atoms with Gasteiger partial charge in [0.2, 0.25) is 11.0 Å². The zero-order chi connectivity index (χ0) is 20.8. The number of carbonyl (C=O) groups is 2. The van der Waals surface area contributed by atoms with E-state index in [0.29, 0.717) is 5.13 Å². The van der Waals surface area contributed by atoms with Gasteiger partial charge in [0, 0.05) is 11.6 Å². The van der Waals surface area contributed by atoms with Crippen LogP contribution in [0.2, 0.25) is 0 Å². The molecule has 0 radical (unpaired) electrons. The maximum Gasteiger partial charge on any atom is 0.315 e. The molecule has 3 amide bonds. The number of nitrogens with zero attached hydrogens (tertiary/aromatic N) is 2. The zero-order valence-electron chi connectivity index (χ0n) is 17.2. The van der Waals surface area contributed by atoms with Crippen molar-refractivity contribution in [2.75, 3.05) is 5.32 Å². The molecule has 1 saturated carbocycles. The van der Waals surface area contributed by atoms with Crippen LogP contribution in [0.15, 0.2) is 24.3 Å². The first-order valence-electron chi connectivity index (χ1n) is 10.2. The van der Waals surface area contributed by atoms with Gasteiger partial charge in [0.1, 0.15) is 11.0 Å². The highest BCUT2D eigenvalue weighted by Gasteiger charge is 2.26. The summed E-state index contributed by atoms with van der Waals surface area (Å²) in [4.78, 5) is 25.1. The molecule has 1 aliphatic rings. The number of benzene rings is 1. The second-order valence-corrected chi connectivity index (χ2v) is 8.92. The smallest absolute Gasteiger partial charge is 0.315 e. The minimum atomic E-state index is -0.648.